The van der Waals surface area contributed by atoms with Gasteiger partial charge in [0.2, 0.25) is 0 Å². The van der Waals surface area contributed by atoms with Gasteiger partial charge in [0.25, 0.3) is 0 Å². The molecule has 0 spiro atoms. The van der Waals surface area contributed by atoms with E-state index in [1.807, 2.05) is 20.8 Å². The third-order valence-corrected chi connectivity index (χ3v) is 3.27. The highest BCUT2D eigenvalue weighted by Gasteiger charge is 2.30. The molecule has 0 amide bonds. The summed E-state index contributed by atoms with van der Waals surface area (Å²) in [5.74, 6) is 0.473. The van der Waals surface area contributed by atoms with Gasteiger partial charge in [-0.3, -0.25) is 4.68 Å². The maximum absolute atomic E-state index is 14.7. The third-order valence-electron chi connectivity index (χ3n) is 3.27. The van der Waals surface area contributed by atoms with Crippen LogP contribution in [0.25, 0.3) is 0 Å². The van der Waals surface area contributed by atoms with Crippen LogP contribution in [0, 0.1) is 11.8 Å². The van der Waals surface area contributed by atoms with E-state index in [0.717, 1.165) is 6.42 Å². The molecule has 1 aromatic rings. The molecule has 1 heterocycles. The highest BCUT2D eigenvalue weighted by molar-refractivity contribution is 5.28. The summed E-state index contributed by atoms with van der Waals surface area (Å²) in [4.78, 5) is 0. The molecule has 0 aliphatic rings. The van der Waals surface area contributed by atoms with E-state index in [0.29, 0.717) is 24.5 Å². The lowest BCUT2D eigenvalue weighted by atomic mass is 9.89. The fourth-order valence-electron chi connectivity index (χ4n) is 2.14. The zero-order valence-electron chi connectivity index (χ0n) is 11.7. The van der Waals surface area contributed by atoms with Crippen LogP contribution in [-0.2, 0) is 6.54 Å². The monoisotopic (exact) mass is 257 g/mol. The molecule has 1 aromatic heterocycles. The predicted octanol–water partition coefficient (Wildman–Crippen LogP) is 2.54. The summed E-state index contributed by atoms with van der Waals surface area (Å²) in [6, 6.07) is 0. The smallest absolute Gasteiger partial charge is 0.162 e. The maximum atomic E-state index is 14.7. The highest BCUT2D eigenvalue weighted by atomic mass is 19.1. The van der Waals surface area contributed by atoms with E-state index in [4.69, 9.17) is 10.5 Å². The van der Waals surface area contributed by atoms with Gasteiger partial charge in [0.1, 0.15) is 11.9 Å². The number of aromatic nitrogens is 2. The first-order chi connectivity index (χ1) is 8.56. The van der Waals surface area contributed by atoms with Gasteiger partial charge in [-0.2, -0.15) is 5.10 Å². The molecule has 0 aliphatic carbocycles. The Morgan fingerprint density at radius 1 is 1.50 bits per heavy atom. The number of ether oxygens (including phenoxy) is 1. The number of aryl methyl sites for hydroxylation is 1. The maximum Gasteiger partial charge on any atom is 0.162 e. The summed E-state index contributed by atoms with van der Waals surface area (Å²) in [5, 5.41) is 4.18. The van der Waals surface area contributed by atoms with Crippen LogP contribution in [-0.4, -0.2) is 23.4 Å². The SMILES string of the molecule is CCCn1ncc(OC)c1C(F)C(CN)C(C)C. The fourth-order valence-corrected chi connectivity index (χ4v) is 2.14. The molecule has 0 radical (unpaired) electrons. The van der Waals surface area contributed by atoms with Crippen LogP contribution in [0.4, 0.5) is 4.39 Å². The van der Waals surface area contributed by atoms with E-state index in [-0.39, 0.29) is 11.8 Å². The first-order valence-electron chi connectivity index (χ1n) is 6.50. The average molecular weight is 257 g/mol. The van der Waals surface area contributed by atoms with E-state index in [1.165, 1.54) is 7.11 Å². The highest BCUT2D eigenvalue weighted by Crippen LogP contribution is 2.36. The van der Waals surface area contributed by atoms with Crippen molar-refractivity contribution in [2.75, 3.05) is 13.7 Å². The molecule has 5 heteroatoms. The van der Waals surface area contributed by atoms with E-state index in [1.54, 1.807) is 10.9 Å². The number of hydrogen-bond donors (Lipinski definition) is 1. The van der Waals surface area contributed by atoms with Gasteiger partial charge < -0.3 is 10.5 Å². The molecule has 104 valence electrons. The molecule has 0 saturated heterocycles. The molecule has 0 bridgehead atoms. The Bertz CT molecular complexity index is 365. The lowest BCUT2D eigenvalue weighted by Gasteiger charge is -2.24. The van der Waals surface area contributed by atoms with E-state index in [2.05, 4.69) is 5.10 Å². The molecule has 1 rings (SSSR count). The summed E-state index contributed by atoms with van der Waals surface area (Å²) in [5.41, 5.74) is 6.20. The molecule has 0 fully saturated rings. The van der Waals surface area contributed by atoms with Crippen molar-refractivity contribution in [3.63, 3.8) is 0 Å². The Morgan fingerprint density at radius 2 is 2.17 bits per heavy atom. The zero-order chi connectivity index (χ0) is 13.7. The minimum Gasteiger partial charge on any atom is -0.493 e. The first-order valence-corrected chi connectivity index (χ1v) is 6.50. The minimum absolute atomic E-state index is 0.180. The van der Waals surface area contributed by atoms with E-state index < -0.39 is 6.17 Å². The van der Waals surface area contributed by atoms with Crippen LogP contribution in [0.3, 0.4) is 0 Å². The second kappa shape index (κ2) is 6.73. The van der Waals surface area contributed by atoms with Crippen molar-refractivity contribution in [3.8, 4) is 5.75 Å². The number of methoxy groups -OCH3 is 1. The average Bonchev–Trinajstić information content (AvgIpc) is 2.72. The van der Waals surface area contributed by atoms with Crippen LogP contribution < -0.4 is 10.5 Å². The van der Waals surface area contributed by atoms with Gasteiger partial charge in [-0.25, -0.2) is 4.39 Å². The number of halogens is 1. The molecule has 0 aromatic carbocycles. The van der Waals surface area contributed by atoms with Crippen molar-refractivity contribution in [1.82, 2.24) is 9.78 Å². The summed E-state index contributed by atoms with van der Waals surface area (Å²) in [7, 11) is 1.54. The lowest BCUT2D eigenvalue weighted by Crippen LogP contribution is -2.26. The minimum atomic E-state index is -1.14. The van der Waals surface area contributed by atoms with Gasteiger partial charge in [-0.05, 0) is 18.9 Å². The number of hydrogen-bond acceptors (Lipinski definition) is 3. The second-order valence-electron chi connectivity index (χ2n) is 4.87. The molecule has 18 heavy (non-hydrogen) atoms. The van der Waals surface area contributed by atoms with Gasteiger partial charge in [-0.1, -0.05) is 20.8 Å². The Morgan fingerprint density at radius 3 is 2.61 bits per heavy atom. The van der Waals surface area contributed by atoms with E-state index in [9.17, 15) is 4.39 Å². The largest absolute Gasteiger partial charge is 0.493 e. The molecule has 2 N–H and O–H groups in total. The van der Waals surface area contributed by atoms with Gasteiger partial charge in [0.05, 0.1) is 13.3 Å². The fraction of sp³-hybridized carbons (Fsp3) is 0.769. The lowest BCUT2D eigenvalue weighted by molar-refractivity contribution is 0.173. The van der Waals surface area contributed by atoms with Crippen molar-refractivity contribution in [1.29, 1.82) is 0 Å². The molecule has 0 aliphatic heterocycles. The van der Waals surface area contributed by atoms with Crippen molar-refractivity contribution in [2.24, 2.45) is 17.6 Å². The Labute approximate surface area is 108 Å². The van der Waals surface area contributed by atoms with Gasteiger partial charge in [0.15, 0.2) is 5.75 Å². The molecule has 0 saturated carbocycles. The Balaban J connectivity index is 3.08. The number of rotatable bonds is 7. The topological polar surface area (TPSA) is 53.1 Å². The van der Waals surface area contributed by atoms with Crippen molar-refractivity contribution in [3.05, 3.63) is 11.9 Å². The van der Waals surface area contributed by atoms with Crippen molar-refractivity contribution in [2.45, 2.75) is 39.9 Å². The quantitative estimate of drug-likeness (QED) is 0.816. The molecular weight excluding hydrogens is 233 g/mol. The van der Waals surface area contributed by atoms with Gasteiger partial charge in [0, 0.05) is 12.5 Å². The second-order valence-corrected chi connectivity index (χ2v) is 4.87. The number of nitrogens with zero attached hydrogens (tertiary/aromatic N) is 2. The van der Waals surface area contributed by atoms with Gasteiger partial charge >= 0.3 is 0 Å². The Kier molecular flexibility index (Phi) is 5.59. The Hall–Kier alpha value is -1.10. The van der Waals surface area contributed by atoms with Crippen LogP contribution in [0.2, 0.25) is 0 Å². The zero-order valence-corrected chi connectivity index (χ0v) is 11.7. The normalized spacial score (nSPS) is 14.8. The van der Waals surface area contributed by atoms with Crippen molar-refractivity contribution >= 4 is 0 Å². The summed E-state index contributed by atoms with van der Waals surface area (Å²) < 4.78 is 21.6. The molecule has 2 atom stereocenters. The number of alkyl halides is 1. The van der Waals surface area contributed by atoms with Crippen LogP contribution in [0.5, 0.6) is 5.75 Å². The first kappa shape index (κ1) is 15.0. The van der Waals surface area contributed by atoms with Crippen LogP contribution >= 0.6 is 0 Å². The molecule has 2 unspecified atom stereocenters. The third kappa shape index (κ3) is 3.02. The van der Waals surface area contributed by atoms with E-state index >= 15 is 0 Å². The summed E-state index contributed by atoms with van der Waals surface area (Å²) in [6.45, 7) is 7.01. The summed E-state index contributed by atoms with van der Waals surface area (Å²) in [6.07, 6.45) is 1.34. The summed E-state index contributed by atoms with van der Waals surface area (Å²) >= 11 is 0. The van der Waals surface area contributed by atoms with Crippen LogP contribution in [0.15, 0.2) is 6.20 Å². The molecular formula is C13H24FN3O. The predicted molar refractivity (Wildman–Crippen MR) is 70.3 cm³/mol. The molecule has 4 nitrogen and oxygen atoms in total. The van der Waals surface area contributed by atoms with Crippen molar-refractivity contribution < 1.29 is 9.13 Å². The van der Waals surface area contributed by atoms with Crippen LogP contribution in [0.1, 0.15) is 39.1 Å². The van der Waals surface area contributed by atoms with Gasteiger partial charge in [-0.15, -0.1) is 0 Å². The number of nitrogens with two attached hydrogens (primary N) is 1. The standard InChI is InChI=1S/C13H24FN3O/c1-5-6-17-13(11(18-4)8-16-17)12(14)10(7-15)9(2)3/h8-10,12H,5-7,15H2,1-4H3.